The second kappa shape index (κ2) is 8.32. The van der Waals surface area contributed by atoms with Crippen LogP contribution in [0, 0.1) is 6.92 Å². The van der Waals surface area contributed by atoms with Gasteiger partial charge in [0.25, 0.3) is 5.56 Å². The highest BCUT2D eigenvalue weighted by molar-refractivity contribution is 7.99. The third kappa shape index (κ3) is 4.07. The molecule has 1 aromatic heterocycles. The maximum absolute atomic E-state index is 13.1. The van der Waals surface area contributed by atoms with E-state index in [1.165, 1.54) is 11.8 Å². The Morgan fingerprint density at radius 3 is 2.45 bits per heavy atom. The van der Waals surface area contributed by atoms with Crippen LogP contribution in [0.15, 0.2) is 88.8 Å². The van der Waals surface area contributed by atoms with E-state index < -0.39 is 0 Å². The topological polar surface area (TPSA) is 64.0 Å². The molecule has 144 valence electrons. The number of rotatable bonds is 5. The molecule has 5 nitrogen and oxygen atoms in total. The van der Waals surface area contributed by atoms with Crippen molar-refractivity contribution in [3.63, 3.8) is 0 Å². The van der Waals surface area contributed by atoms with Crippen LogP contribution in [0.1, 0.15) is 5.56 Å². The van der Waals surface area contributed by atoms with Crippen LogP contribution < -0.4 is 10.9 Å². The number of amides is 1. The fourth-order valence-corrected chi connectivity index (χ4v) is 3.86. The second-order valence-electron chi connectivity index (χ2n) is 6.54. The molecule has 0 aliphatic heterocycles. The van der Waals surface area contributed by atoms with Gasteiger partial charge in [0.1, 0.15) is 0 Å². The number of anilines is 1. The van der Waals surface area contributed by atoms with Gasteiger partial charge in [-0.3, -0.25) is 14.2 Å². The Kier molecular flexibility index (Phi) is 5.44. The smallest absolute Gasteiger partial charge is 0.266 e. The highest BCUT2D eigenvalue weighted by atomic mass is 32.2. The average molecular weight is 401 g/mol. The third-order valence-electron chi connectivity index (χ3n) is 4.51. The fourth-order valence-electron chi connectivity index (χ4n) is 3.04. The lowest BCUT2D eigenvalue weighted by Gasteiger charge is -2.13. The molecule has 6 heteroatoms. The highest BCUT2D eigenvalue weighted by Crippen LogP contribution is 2.22. The summed E-state index contributed by atoms with van der Waals surface area (Å²) in [6, 6.07) is 24.2. The van der Waals surface area contributed by atoms with Gasteiger partial charge in [-0.15, -0.1) is 0 Å². The minimum absolute atomic E-state index is 0.145. The summed E-state index contributed by atoms with van der Waals surface area (Å²) in [7, 11) is 0. The lowest BCUT2D eigenvalue weighted by atomic mass is 10.2. The van der Waals surface area contributed by atoms with E-state index in [1.807, 2.05) is 79.7 Å². The zero-order valence-corrected chi connectivity index (χ0v) is 16.6. The molecule has 4 aromatic rings. The number of benzene rings is 3. The molecule has 0 unspecified atom stereocenters. The van der Waals surface area contributed by atoms with Crippen LogP contribution in [0.25, 0.3) is 16.6 Å². The van der Waals surface area contributed by atoms with E-state index in [4.69, 9.17) is 0 Å². The zero-order valence-electron chi connectivity index (χ0n) is 15.8. The highest BCUT2D eigenvalue weighted by Gasteiger charge is 2.15. The van der Waals surface area contributed by atoms with E-state index in [2.05, 4.69) is 10.3 Å². The molecule has 0 atom stereocenters. The molecule has 0 aliphatic carbocycles. The van der Waals surface area contributed by atoms with Crippen molar-refractivity contribution >= 4 is 34.3 Å². The Labute approximate surface area is 172 Å². The number of para-hydroxylation sites is 3. The average Bonchev–Trinajstić information content (AvgIpc) is 2.75. The van der Waals surface area contributed by atoms with Crippen molar-refractivity contribution in [2.75, 3.05) is 11.1 Å². The van der Waals surface area contributed by atoms with Crippen LogP contribution in [-0.4, -0.2) is 21.2 Å². The van der Waals surface area contributed by atoms with Crippen LogP contribution in [0.4, 0.5) is 5.69 Å². The number of carbonyl (C=O) groups excluding carboxylic acids is 1. The van der Waals surface area contributed by atoms with E-state index >= 15 is 0 Å². The fraction of sp³-hybridized carbons (Fsp3) is 0.0870. The molecule has 1 heterocycles. The maximum atomic E-state index is 13.1. The van der Waals surface area contributed by atoms with Crippen LogP contribution in [-0.2, 0) is 4.79 Å². The van der Waals surface area contributed by atoms with E-state index in [9.17, 15) is 9.59 Å². The minimum Gasteiger partial charge on any atom is -0.325 e. The number of nitrogens with one attached hydrogen (secondary N) is 1. The first kappa shape index (κ1) is 19.0. The first-order valence-electron chi connectivity index (χ1n) is 9.19. The Morgan fingerprint density at radius 2 is 1.66 bits per heavy atom. The van der Waals surface area contributed by atoms with E-state index in [0.29, 0.717) is 16.1 Å². The lowest BCUT2D eigenvalue weighted by molar-refractivity contribution is -0.113. The Bertz CT molecular complexity index is 1240. The van der Waals surface area contributed by atoms with Crippen molar-refractivity contribution < 1.29 is 4.79 Å². The van der Waals surface area contributed by atoms with Crippen LogP contribution in [0.2, 0.25) is 0 Å². The monoisotopic (exact) mass is 401 g/mol. The molecule has 0 bridgehead atoms. The van der Waals surface area contributed by atoms with Gasteiger partial charge < -0.3 is 5.32 Å². The second-order valence-corrected chi connectivity index (χ2v) is 7.48. The molecule has 0 saturated carbocycles. The predicted octanol–water partition coefficient (Wildman–Crippen LogP) is 4.42. The molecule has 0 radical (unpaired) electrons. The number of fused-ring (bicyclic) bond motifs is 1. The number of aromatic nitrogens is 2. The number of aryl methyl sites for hydroxylation is 1. The summed E-state index contributed by atoms with van der Waals surface area (Å²) in [5.74, 6) is -0.00214. The van der Waals surface area contributed by atoms with Gasteiger partial charge in [0, 0.05) is 5.69 Å². The van der Waals surface area contributed by atoms with Crippen molar-refractivity contribution in [2.45, 2.75) is 12.1 Å². The Balaban J connectivity index is 1.67. The first-order chi connectivity index (χ1) is 14.1. The van der Waals surface area contributed by atoms with Gasteiger partial charge in [-0.1, -0.05) is 60.3 Å². The lowest BCUT2D eigenvalue weighted by Crippen LogP contribution is -2.23. The van der Waals surface area contributed by atoms with Crippen LogP contribution in [0.5, 0.6) is 0 Å². The SMILES string of the molecule is Cc1ccccc1NC(=O)CSc1nc2ccccc2c(=O)n1-c1ccccc1. The summed E-state index contributed by atoms with van der Waals surface area (Å²) in [5.41, 5.74) is 2.97. The predicted molar refractivity (Wildman–Crippen MR) is 118 cm³/mol. The number of hydrogen-bond donors (Lipinski definition) is 1. The number of nitrogens with zero attached hydrogens (tertiary/aromatic N) is 2. The molecular formula is C23H19N3O2S. The van der Waals surface area contributed by atoms with Crippen LogP contribution in [0.3, 0.4) is 0 Å². The molecule has 0 aliphatic rings. The standard InChI is InChI=1S/C23H19N3O2S/c1-16-9-5-7-13-19(16)24-21(27)15-29-23-25-20-14-8-6-12-18(20)22(28)26(23)17-10-3-2-4-11-17/h2-14H,15H2,1H3,(H,24,27). The van der Waals surface area contributed by atoms with Gasteiger partial charge in [0.15, 0.2) is 5.16 Å². The molecule has 3 aromatic carbocycles. The Morgan fingerprint density at radius 1 is 0.966 bits per heavy atom. The quantitative estimate of drug-likeness (QED) is 0.397. The van der Waals surface area contributed by atoms with Gasteiger partial charge in [0.05, 0.1) is 22.3 Å². The summed E-state index contributed by atoms with van der Waals surface area (Å²) in [6.07, 6.45) is 0. The number of thioether (sulfide) groups is 1. The molecule has 29 heavy (non-hydrogen) atoms. The van der Waals surface area contributed by atoms with Crippen molar-refractivity contribution in [2.24, 2.45) is 0 Å². The summed E-state index contributed by atoms with van der Waals surface area (Å²) < 4.78 is 1.56. The summed E-state index contributed by atoms with van der Waals surface area (Å²) in [5, 5.41) is 3.95. The molecule has 4 rings (SSSR count). The summed E-state index contributed by atoms with van der Waals surface area (Å²) in [4.78, 5) is 30.3. The Hall–Kier alpha value is -3.38. The number of carbonyl (C=O) groups is 1. The van der Waals surface area contributed by atoms with Crippen molar-refractivity contribution in [3.05, 3.63) is 94.8 Å². The van der Waals surface area contributed by atoms with E-state index in [1.54, 1.807) is 10.6 Å². The van der Waals surface area contributed by atoms with Gasteiger partial charge >= 0.3 is 0 Å². The summed E-state index contributed by atoms with van der Waals surface area (Å²) in [6.45, 7) is 1.95. The molecule has 0 saturated heterocycles. The van der Waals surface area contributed by atoms with Gasteiger partial charge in [-0.2, -0.15) is 0 Å². The molecule has 0 spiro atoms. The normalized spacial score (nSPS) is 10.8. The molecule has 0 fully saturated rings. The molecule has 1 N–H and O–H groups in total. The third-order valence-corrected chi connectivity index (χ3v) is 5.45. The molecular weight excluding hydrogens is 382 g/mol. The largest absolute Gasteiger partial charge is 0.325 e. The summed E-state index contributed by atoms with van der Waals surface area (Å²) >= 11 is 1.24. The van der Waals surface area contributed by atoms with Gasteiger partial charge in [-0.05, 0) is 42.8 Å². The van der Waals surface area contributed by atoms with Crippen molar-refractivity contribution in [1.29, 1.82) is 0 Å². The maximum Gasteiger partial charge on any atom is 0.266 e. The van der Waals surface area contributed by atoms with Crippen molar-refractivity contribution in [1.82, 2.24) is 9.55 Å². The van der Waals surface area contributed by atoms with Crippen molar-refractivity contribution in [3.8, 4) is 5.69 Å². The minimum atomic E-state index is -0.149. The zero-order chi connectivity index (χ0) is 20.2. The number of hydrogen-bond acceptors (Lipinski definition) is 4. The molecule has 1 amide bonds. The van der Waals surface area contributed by atoms with Crippen LogP contribution >= 0.6 is 11.8 Å². The van der Waals surface area contributed by atoms with Gasteiger partial charge in [-0.25, -0.2) is 4.98 Å². The van der Waals surface area contributed by atoms with Gasteiger partial charge in [0.2, 0.25) is 5.91 Å². The van der Waals surface area contributed by atoms with E-state index in [0.717, 1.165) is 16.9 Å². The van der Waals surface area contributed by atoms with E-state index in [-0.39, 0.29) is 17.2 Å². The first-order valence-corrected chi connectivity index (χ1v) is 10.2.